The van der Waals surface area contributed by atoms with Crippen molar-refractivity contribution in [2.75, 3.05) is 5.73 Å². The normalized spacial score (nSPS) is 11.2. The first-order chi connectivity index (χ1) is 8.49. The van der Waals surface area contributed by atoms with Crippen LogP contribution in [0, 0.1) is 0 Å². The summed E-state index contributed by atoms with van der Waals surface area (Å²) in [5.74, 6) is 0.751. The molecule has 0 radical (unpaired) electrons. The fraction of sp³-hybridized carbons (Fsp3) is 0.308. The van der Waals surface area contributed by atoms with Gasteiger partial charge in [-0.3, -0.25) is 0 Å². The second-order valence-corrected chi connectivity index (χ2v) is 5.34. The first-order valence-corrected chi connectivity index (χ1v) is 6.50. The standard InChI is InChI=1S/C13H15Cl2N3/c1-8(2)12-11(15)13(16)18(17-12)7-9-4-3-5-10(14)6-9/h3-6,8H,7,16H2,1-2H3. The Kier molecular flexibility index (Phi) is 3.83. The van der Waals surface area contributed by atoms with E-state index in [4.69, 9.17) is 28.9 Å². The Morgan fingerprint density at radius 1 is 1.33 bits per heavy atom. The van der Waals surface area contributed by atoms with Gasteiger partial charge in [0.05, 0.1) is 12.2 Å². The van der Waals surface area contributed by atoms with Gasteiger partial charge in [-0.25, -0.2) is 4.68 Å². The van der Waals surface area contributed by atoms with E-state index in [9.17, 15) is 0 Å². The average molecular weight is 284 g/mol. The molecule has 0 unspecified atom stereocenters. The van der Waals surface area contributed by atoms with Crippen LogP contribution in [0.2, 0.25) is 10.0 Å². The van der Waals surface area contributed by atoms with Crippen LogP contribution in [0.5, 0.6) is 0 Å². The Morgan fingerprint density at radius 3 is 2.61 bits per heavy atom. The predicted octanol–water partition coefficient (Wildman–Crippen LogP) is 3.94. The molecule has 1 heterocycles. The van der Waals surface area contributed by atoms with Gasteiger partial charge < -0.3 is 5.73 Å². The molecular formula is C13H15Cl2N3. The smallest absolute Gasteiger partial charge is 0.141 e. The van der Waals surface area contributed by atoms with Gasteiger partial charge in [0, 0.05) is 5.02 Å². The largest absolute Gasteiger partial charge is 0.383 e. The molecule has 2 rings (SSSR count). The van der Waals surface area contributed by atoms with Crippen molar-refractivity contribution < 1.29 is 0 Å². The molecule has 0 spiro atoms. The highest BCUT2D eigenvalue weighted by Gasteiger charge is 2.16. The fourth-order valence-corrected chi connectivity index (χ4v) is 2.34. The van der Waals surface area contributed by atoms with Crippen LogP contribution in [-0.2, 0) is 6.54 Å². The number of nitrogen functional groups attached to an aromatic ring is 1. The summed E-state index contributed by atoms with van der Waals surface area (Å²) in [4.78, 5) is 0. The summed E-state index contributed by atoms with van der Waals surface area (Å²) < 4.78 is 1.71. The van der Waals surface area contributed by atoms with Crippen LogP contribution in [0.1, 0.15) is 31.0 Å². The molecule has 3 nitrogen and oxygen atoms in total. The third kappa shape index (κ3) is 2.62. The van der Waals surface area contributed by atoms with E-state index in [1.807, 2.05) is 38.1 Å². The number of rotatable bonds is 3. The summed E-state index contributed by atoms with van der Waals surface area (Å²) in [6.07, 6.45) is 0. The fourth-order valence-electron chi connectivity index (χ4n) is 1.77. The number of hydrogen-bond acceptors (Lipinski definition) is 2. The number of benzene rings is 1. The maximum Gasteiger partial charge on any atom is 0.141 e. The van der Waals surface area contributed by atoms with Crippen molar-refractivity contribution in [3.8, 4) is 0 Å². The van der Waals surface area contributed by atoms with E-state index in [2.05, 4.69) is 5.10 Å². The van der Waals surface area contributed by atoms with Crippen LogP contribution >= 0.6 is 23.2 Å². The van der Waals surface area contributed by atoms with Gasteiger partial charge in [-0.2, -0.15) is 5.10 Å². The zero-order chi connectivity index (χ0) is 13.3. The molecule has 1 aromatic heterocycles. The Morgan fingerprint density at radius 2 is 2.06 bits per heavy atom. The van der Waals surface area contributed by atoms with E-state index in [1.165, 1.54) is 0 Å². The predicted molar refractivity (Wildman–Crippen MR) is 76.3 cm³/mol. The quantitative estimate of drug-likeness (QED) is 0.927. The first kappa shape index (κ1) is 13.2. The lowest BCUT2D eigenvalue weighted by Gasteiger charge is -2.04. The van der Waals surface area contributed by atoms with E-state index in [0.29, 0.717) is 22.4 Å². The van der Waals surface area contributed by atoms with Crippen LogP contribution in [-0.4, -0.2) is 9.78 Å². The van der Waals surface area contributed by atoms with Crippen LogP contribution in [0.3, 0.4) is 0 Å². The van der Waals surface area contributed by atoms with Crippen molar-refractivity contribution in [3.05, 3.63) is 45.6 Å². The van der Waals surface area contributed by atoms with Gasteiger partial charge >= 0.3 is 0 Å². The maximum absolute atomic E-state index is 6.17. The highest BCUT2D eigenvalue weighted by Crippen LogP contribution is 2.29. The summed E-state index contributed by atoms with van der Waals surface area (Å²) in [5.41, 5.74) is 7.84. The number of halogens is 2. The van der Waals surface area contributed by atoms with Crippen molar-refractivity contribution in [2.24, 2.45) is 0 Å². The molecule has 2 aromatic rings. The number of hydrogen-bond donors (Lipinski definition) is 1. The number of aromatic nitrogens is 2. The minimum absolute atomic E-state index is 0.250. The van der Waals surface area contributed by atoms with Gasteiger partial charge in [-0.1, -0.05) is 49.2 Å². The second kappa shape index (κ2) is 5.21. The topological polar surface area (TPSA) is 43.8 Å². The summed E-state index contributed by atoms with van der Waals surface area (Å²) in [7, 11) is 0. The van der Waals surface area contributed by atoms with Crippen molar-refractivity contribution in [1.82, 2.24) is 9.78 Å². The molecule has 0 saturated heterocycles. The van der Waals surface area contributed by atoms with E-state index in [1.54, 1.807) is 4.68 Å². The minimum atomic E-state index is 0.250. The molecule has 0 fully saturated rings. The molecule has 0 bridgehead atoms. The zero-order valence-corrected chi connectivity index (χ0v) is 11.8. The Labute approximate surface area is 117 Å². The van der Waals surface area contributed by atoms with Crippen molar-refractivity contribution >= 4 is 29.0 Å². The molecule has 96 valence electrons. The zero-order valence-electron chi connectivity index (χ0n) is 10.3. The average Bonchev–Trinajstić information content (AvgIpc) is 2.58. The highest BCUT2D eigenvalue weighted by atomic mass is 35.5. The number of anilines is 1. The molecule has 0 amide bonds. The summed E-state index contributed by atoms with van der Waals surface area (Å²) >= 11 is 12.1. The third-order valence-electron chi connectivity index (χ3n) is 2.72. The Balaban J connectivity index is 2.32. The van der Waals surface area contributed by atoms with Crippen LogP contribution < -0.4 is 5.73 Å². The Hall–Kier alpha value is -1.19. The molecule has 0 aliphatic carbocycles. The Bertz CT molecular complexity index is 561. The molecule has 1 aromatic carbocycles. The van der Waals surface area contributed by atoms with E-state index >= 15 is 0 Å². The minimum Gasteiger partial charge on any atom is -0.383 e. The van der Waals surface area contributed by atoms with Crippen LogP contribution in [0.25, 0.3) is 0 Å². The lowest BCUT2D eigenvalue weighted by atomic mass is 10.1. The molecule has 18 heavy (non-hydrogen) atoms. The molecular weight excluding hydrogens is 269 g/mol. The van der Waals surface area contributed by atoms with Gasteiger partial charge in [0.15, 0.2) is 0 Å². The molecule has 2 N–H and O–H groups in total. The third-order valence-corrected chi connectivity index (χ3v) is 3.35. The lowest BCUT2D eigenvalue weighted by molar-refractivity contribution is 0.665. The van der Waals surface area contributed by atoms with Crippen LogP contribution in [0.4, 0.5) is 5.82 Å². The molecule has 0 aliphatic rings. The molecule has 0 atom stereocenters. The first-order valence-electron chi connectivity index (χ1n) is 5.75. The number of nitrogens with two attached hydrogens (primary N) is 1. The van der Waals surface area contributed by atoms with Crippen molar-refractivity contribution in [3.63, 3.8) is 0 Å². The summed E-state index contributed by atoms with van der Waals surface area (Å²) in [6, 6.07) is 7.62. The number of nitrogens with zero attached hydrogens (tertiary/aromatic N) is 2. The highest BCUT2D eigenvalue weighted by molar-refractivity contribution is 6.33. The van der Waals surface area contributed by atoms with Gasteiger partial charge in [-0.15, -0.1) is 0 Å². The van der Waals surface area contributed by atoms with E-state index in [0.717, 1.165) is 11.3 Å². The SMILES string of the molecule is CC(C)c1nn(Cc2cccc(Cl)c2)c(N)c1Cl. The monoisotopic (exact) mass is 283 g/mol. The van der Waals surface area contributed by atoms with Gasteiger partial charge in [0.1, 0.15) is 10.8 Å². The lowest BCUT2D eigenvalue weighted by Crippen LogP contribution is -2.06. The summed E-state index contributed by atoms with van der Waals surface area (Å²) in [5, 5.41) is 5.70. The maximum atomic E-state index is 6.17. The van der Waals surface area contributed by atoms with Gasteiger partial charge in [-0.05, 0) is 23.6 Å². The van der Waals surface area contributed by atoms with Crippen molar-refractivity contribution in [1.29, 1.82) is 0 Å². The molecule has 0 saturated carbocycles. The van der Waals surface area contributed by atoms with Crippen LogP contribution in [0.15, 0.2) is 24.3 Å². The van der Waals surface area contributed by atoms with Gasteiger partial charge in [0.25, 0.3) is 0 Å². The molecule has 0 aliphatic heterocycles. The van der Waals surface area contributed by atoms with E-state index in [-0.39, 0.29) is 5.92 Å². The second-order valence-electron chi connectivity index (χ2n) is 4.53. The summed E-state index contributed by atoms with van der Waals surface area (Å²) in [6.45, 7) is 4.65. The molecule has 5 heteroatoms. The van der Waals surface area contributed by atoms with E-state index < -0.39 is 0 Å². The van der Waals surface area contributed by atoms with Crippen molar-refractivity contribution in [2.45, 2.75) is 26.3 Å². The van der Waals surface area contributed by atoms with Gasteiger partial charge in [0.2, 0.25) is 0 Å².